The zero-order valence-electron chi connectivity index (χ0n) is 16.1. The number of thiazole rings is 1. The largest absolute Gasteiger partial charge is 0.356 e. The lowest BCUT2D eigenvalue weighted by Gasteiger charge is -2.23. The normalized spacial score (nSPS) is 20.8. The summed E-state index contributed by atoms with van der Waals surface area (Å²) in [6, 6.07) is 10.2. The summed E-state index contributed by atoms with van der Waals surface area (Å²) in [5.74, 6) is 0.414. The summed E-state index contributed by atoms with van der Waals surface area (Å²) in [7, 11) is 0. The van der Waals surface area contributed by atoms with Crippen LogP contribution in [0, 0.1) is 0 Å². The van der Waals surface area contributed by atoms with Crippen LogP contribution in [0.1, 0.15) is 42.9 Å². The van der Waals surface area contributed by atoms with Crippen molar-refractivity contribution in [2.75, 3.05) is 26.2 Å². The van der Waals surface area contributed by atoms with E-state index in [1.807, 2.05) is 29.1 Å². The first-order chi connectivity index (χ1) is 13.7. The Hall–Kier alpha value is -2.25. The van der Waals surface area contributed by atoms with E-state index in [2.05, 4.69) is 32.7 Å². The third-order valence-electron chi connectivity index (χ3n) is 5.02. The monoisotopic (exact) mass is 400 g/mol. The van der Waals surface area contributed by atoms with E-state index < -0.39 is 0 Å². The fraction of sp³-hybridized carbons (Fsp3) is 0.476. The van der Waals surface area contributed by atoms with Gasteiger partial charge in [0.1, 0.15) is 0 Å². The third-order valence-corrected chi connectivity index (χ3v) is 5.65. The highest BCUT2D eigenvalue weighted by Gasteiger charge is 2.17. The van der Waals surface area contributed by atoms with Gasteiger partial charge in [0.15, 0.2) is 0 Å². The average molecular weight is 401 g/mol. The smallest absolute Gasteiger partial charge is 0.234 e. The molecule has 1 fully saturated rings. The number of hydrogen-bond acceptors (Lipinski definition) is 5. The van der Waals surface area contributed by atoms with E-state index in [9.17, 15) is 9.59 Å². The highest BCUT2D eigenvalue weighted by atomic mass is 32.1. The van der Waals surface area contributed by atoms with Crippen molar-refractivity contribution in [2.45, 2.75) is 38.1 Å². The van der Waals surface area contributed by atoms with Gasteiger partial charge in [-0.05, 0) is 30.7 Å². The van der Waals surface area contributed by atoms with Crippen molar-refractivity contribution in [1.29, 1.82) is 0 Å². The fourth-order valence-corrected chi connectivity index (χ4v) is 4.08. The minimum absolute atomic E-state index is 0.0446. The number of rotatable bonds is 3. The molecule has 0 aliphatic carbocycles. The van der Waals surface area contributed by atoms with E-state index in [1.165, 1.54) is 5.56 Å². The minimum atomic E-state index is 0.0446. The summed E-state index contributed by atoms with van der Waals surface area (Å²) in [4.78, 5) is 31.1. The maximum absolute atomic E-state index is 12.4. The van der Waals surface area contributed by atoms with Crippen LogP contribution < -0.4 is 10.6 Å². The number of nitrogens with one attached hydrogen (secondary N) is 2. The zero-order chi connectivity index (χ0) is 19.6. The molecule has 0 bridgehead atoms. The number of amides is 2. The molecule has 28 heavy (non-hydrogen) atoms. The van der Waals surface area contributed by atoms with Crippen molar-refractivity contribution >= 4 is 23.2 Å². The molecule has 0 saturated carbocycles. The van der Waals surface area contributed by atoms with E-state index in [4.69, 9.17) is 0 Å². The van der Waals surface area contributed by atoms with Gasteiger partial charge in [-0.1, -0.05) is 30.3 Å². The van der Waals surface area contributed by atoms with Crippen molar-refractivity contribution in [1.82, 2.24) is 20.5 Å². The topological polar surface area (TPSA) is 74.3 Å². The van der Waals surface area contributed by atoms with Crippen LogP contribution in [0.15, 0.2) is 41.2 Å². The Bertz CT molecular complexity index is 736. The molecule has 1 unspecified atom stereocenters. The fourth-order valence-electron chi connectivity index (χ4n) is 3.53. The molecular formula is C21H28N4O2S. The summed E-state index contributed by atoms with van der Waals surface area (Å²) in [6.07, 6.45) is 2.94. The molecule has 1 saturated heterocycles. The third kappa shape index (κ3) is 6.73. The first-order valence-electron chi connectivity index (χ1n) is 9.88. The van der Waals surface area contributed by atoms with Crippen LogP contribution in [0.4, 0.5) is 0 Å². The van der Waals surface area contributed by atoms with Gasteiger partial charge < -0.3 is 10.6 Å². The molecule has 2 amide bonds. The zero-order valence-corrected chi connectivity index (χ0v) is 16.9. The SMILES string of the molecule is O=C1CCC(c2ccccc2)CCNC(=O)CN(Cc2cscn2)CCCN1. The maximum atomic E-state index is 12.4. The molecule has 2 heterocycles. The standard InChI is InChI=1S/C21H28N4O2S/c26-20-8-7-18(17-5-2-1-3-6-17)9-11-23-21(27)14-25(12-4-10-22-20)13-19-15-28-16-24-19/h1-3,5-6,15-16,18H,4,7-14H2,(H,22,26)(H,23,27). The van der Waals surface area contributed by atoms with E-state index >= 15 is 0 Å². The van der Waals surface area contributed by atoms with Crippen LogP contribution in [-0.4, -0.2) is 47.9 Å². The average Bonchev–Trinajstić information content (AvgIpc) is 3.21. The minimum Gasteiger partial charge on any atom is -0.356 e. The Labute approximate surface area is 170 Å². The van der Waals surface area contributed by atoms with Gasteiger partial charge in [0, 0.05) is 38.0 Å². The highest BCUT2D eigenvalue weighted by Crippen LogP contribution is 2.24. The lowest BCUT2D eigenvalue weighted by atomic mass is 9.91. The molecule has 2 N–H and O–H groups in total. The molecule has 1 aliphatic heterocycles. The van der Waals surface area contributed by atoms with E-state index in [0.717, 1.165) is 31.5 Å². The molecule has 7 heteroatoms. The molecule has 6 nitrogen and oxygen atoms in total. The number of carbonyl (C=O) groups excluding carboxylic acids is 2. The number of nitrogens with zero attached hydrogens (tertiary/aromatic N) is 2. The first kappa shape index (κ1) is 20.5. The lowest BCUT2D eigenvalue weighted by Crippen LogP contribution is -2.39. The van der Waals surface area contributed by atoms with Gasteiger partial charge >= 0.3 is 0 Å². The molecule has 1 atom stereocenters. The van der Waals surface area contributed by atoms with E-state index in [1.54, 1.807) is 11.3 Å². The van der Waals surface area contributed by atoms with Gasteiger partial charge in [0.2, 0.25) is 11.8 Å². The van der Waals surface area contributed by atoms with Gasteiger partial charge in [0.25, 0.3) is 0 Å². The second kappa shape index (κ2) is 10.9. The lowest BCUT2D eigenvalue weighted by molar-refractivity contribution is -0.123. The van der Waals surface area contributed by atoms with Gasteiger partial charge in [0.05, 0.1) is 17.7 Å². The van der Waals surface area contributed by atoms with Crippen LogP contribution in [0.3, 0.4) is 0 Å². The molecule has 1 aromatic heterocycles. The molecule has 0 spiro atoms. The van der Waals surface area contributed by atoms with Crippen molar-refractivity contribution in [3.63, 3.8) is 0 Å². The van der Waals surface area contributed by atoms with Gasteiger partial charge in [-0.15, -0.1) is 11.3 Å². The number of aromatic nitrogens is 1. The first-order valence-corrected chi connectivity index (χ1v) is 10.8. The van der Waals surface area contributed by atoms with Crippen molar-refractivity contribution in [3.8, 4) is 0 Å². The Morgan fingerprint density at radius 1 is 1.07 bits per heavy atom. The van der Waals surface area contributed by atoms with Crippen LogP contribution in [0.5, 0.6) is 0 Å². The second-order valence-corrected chi connectivity index (χ2v) is 7.90. The van der Waals surface area contributed by atoms with E-state index in [0.29, 0.717) is 32.6 Å². The van der Waals surface area contributed by atoms with Crippen LogP contribution in [-0.2, 0) is 16.1 Å². The predicted molar refractivity (Wildman–Crippen MR) is 111 cm³/mol. The molecule has 1 aliphatic rings. The van der Waals surface area contributed by atoms with Crippen molar-refractivity contribution in [3.05, 3.63) is 52.5 Å². The molecule has 2 aromatic rings. The Morgan fingerprint density at radius 3 is 2.68 bits per heavy atom. The summed E-state index contributed by atoms with van der Waals surface area (Å²) >= 11 is 1.56. The summed E-state index contributed by atoms with van der Waals surface area (Å²) < 4.78 is 0. The van der Waals surface area contributed by atoms with Crippen LogP contribution in [0.25, 0.3) is 0 Å². The number of benzene rings is 1. The Kier molecular flexibility index (Phi) is 7.99. The highest BCUT2D eigenvalue weighted by molar-refractivity contribution is 7.07. The Morgan fingerprint density at radius 2 is 1.89 bits per heavy atom. The molecule has 3 rings (SSSR count). The van der Waals surface area contributed by atoms with Gasteiger partial charge in [-0.3, -0.25) is 14.5 Å². The van der Waals surface area contributed by atoms with Crippen LogP contribution >= 0.6 is 11.3 Å². The second-order valence-electron chi connectivity index (χ2n) is 7.18. The van der Waals surface area contributed by atoms with Crippen molar-refractivity contribution < 1.29 is 9.59 Å². The maximum Gasteiger partial charge on any atom is 0.234 e. The molecular weight excluding hydrogens is 372 g/mol. The van der Waals surface area contributed by atoms with E-state index in [-0.39, 0.29) is 17.7 Å². The number of carbonyl (C=O) groups is 2. The molecule has 150 valence electrons. The Balaban J connectivity index is 1.62. The molecule has 0 radical (unpaired) electrons. The van der Waals surface area contributed by atoms with Crippen molar-refractivity contribution in [2.24, 2.45) is 0 Å². The summed E-state index contributed by atoms with van der Waals surface area (Å²) in [5.41, 5.74) is 4.01. The number of hydrogen-bond donors (Lipinski definition) is 2. The summed E-state index contributed by atoms with van der Waals surface area (Å²) in [5, 5.41) is 8.09. The predicted octanol–water partition coefficient (Wildman–Crippen LogP) is 2.54. The van der Waals surface area contributed by atoms with Gasteiger partial charge in [-0.25, -0.2) is 4.98 Å². The van der Waals surface area contributed by atoms with Crippen LogP contribution in [0.2, 0.25) is 0 Å². The van der Waals surface area contributed by atoms with Gasteiger partial charge in [-0.2, -0.15) is 0 Å². The summed E-state index contributed by atoms with van der Waals surface area (Å²) in [6.45, 7) is 2.99. The molecule has 1 aromatic carbocycles. The quantitative estimate of drug-likeness (QED) is 0.830.